The highest BCUT2D eigenvalue weighted by atomic mass is 16.6. The molecule has 0 amide bonds. The molecule has 0 aliphatic carbocycles. The van der Waals surface area contributed by atoms with Crippen LogP contribution in [0.4, 0.5) is 5.69 Å². The van der Waals surface area contributed by atoms with Crippen molar-refractivity contribution >= 4 is 23.3 Å². The van der Waals surface area contributed by atoms with Gasteiger partial charge in [0.15, 0.2) is 0 Å². The molecule has 28 heavy (non-hydrogen) atoms. The SMILES string of the molecule is Cc1ccc(C(=O)O)cc1-c1ccc(C=C(C#N)c2cccc([N+](=O)[O-])c2)o1. The number of hydrogen-bond donors (Lipinski definition) is 1. The fraction of sp³-hybridized carbons (Fsp3) is 0.0476. The quantitative estimate of drug-likeness (QED) is 0.384. The predicted octanol–water partition coefficient (Wildman–Crippen LogP) is 4.93. The van der Waals surface area contributed by atoms with Gasteiger partial charge in [0.1, 0.15) is 11.5 Å². The van der Waals surface area contributed by atoms with Gasteiger partial charge in [-0.3, -0.25) is 10.1 Å². The van der Waals surface area contributed by atoms with E-state index < -0.39 is 10.9 Å². The molecule has 0 fully saturated rings. The van der Waals surface area contributed by atoms with Crippen LogP contribution in [0, 0.1) is 28.4 Å². The number of carbonyl (C=O) groups is 1. The molecule has 1 N–H and O–H groups in total. The highest BCUT2D eigenvalue weighted by molar-refractivity contribution is 5.90. The Hall–Kier alpha value is -4.18. The van der Waals surface area contributed by atoms with E-state index in [4.69, 9.17) is 9.52 Å². The van der Waals surface area contributed by atoms with E-state index in [9.17, 15) is 20.2 Å². The first-order valence-electron chi connectivity index (χ1n) is 8.20. The molecule has 0 bridgehead atoms. The number of aromatic carboxylic acids is 1. The van der Waals surface area contributed by atoms with Gasteiger partial charge in [-0.05, 0) is 48.4 Å². The summed E-state index contributed by atoms with van der Waals surface area (Å²) in [5.74, 6) is -0.202. The zero-order valence-corrected chi connectivity index (χ0v) is 14.7. The largest absolute Gasteiger partial charge is 0.478 e. The molecule has 0 radical (unpaired) electrons. The normalized spacial score (nSPS) is 11.1. The number of carboxylic acids is 1. The van der Waals surface area contributed by atoms with Crippen LogP contribution in [-0.2, 0) is 0 Å². The van der Waals surface area contributed by atoms with E-state index in [-0.39, 0.29) is 16.8 Å². The van der Waals surface area contributed by atoms with Gasteiger partial charge in [-0.25, -0.2) is 4.79 Å². The fourth-order valence-corrected chi connectivity index (χ4v) is 2.71. The number of allylic oxidation sites excluding steroid dienone is 1. The minimum absolute atomic E-state index is 0.111. The number of rotatable bonds is 5. The van der Waals surface area contributed by atoms with Crippen molar-refractivity contribution in [3.05, 3.63) is 87.2 Å². The van der Waals surface area contributed by atoms with Crippen molar-refractivity contribution in [2.45, 2.75) is 6.92 Å². The summed E-state index contributed by atoms with van der Waals surface area (Å²) in [6.07, 6.45) is 1.49. The number of nitro groups is 1. The molecular formula is C21H14N2O5. The minimum Gasteiger partial charge on any atom is -0.478 e. The predicted molar refractivity (Wildman–Crippen MR) is 102 cm³/mol. The summed E-state index contributed by atoms with van der Waals surface area (Å²) in [6, 6.07) is 15.9. The van der Waals surface area contributed by atoms with Crippen molar-refractivity contribution in [3.8, 4) is 17.4 Å². The number of nitriles is 1. The molecule has 0 saturated carbocycles. The van der Waals surface area contributed by atoms with Gasteiger partial charge in [-0.15, -0.1) is 0 Å². The van der Waals surface area contributed by atoms with Gasteiger partial charge in [0.25, 0.3) is 5.69 Å². The van der Waals surface area contributed by atoms with E-state index in [1.807, 2.05) is 13.0 Å². The summed E-state index contributed by atoms with van der Waals surface area (Å²) < 4.78 is 5.76. The van der Waals surface area contributed by atoms with Gasteiger partial charge in [-0.1, -0.05) is 18.2 Å². The third kappa shape index (κ3) is 3.81. The van der Waals surface area contributed by atoms with Crippen LogP contribution in [0.3, 0.4) is 0 Å². The molecule has 0 unspecified atom stereocenters. The molecule has 0 aliphatic heterocycles. The van der Waals surface area contributed by atoms with Crippen LogP contribution in [-0.4, -0.2) is 16.0 Å². The van der Waals surface area contributed by atoms with Gasteiger partial charge < -0.3 is 9.52 Å². The number of aryl methyl sites for hydroxylation is 1. The number of benzene rings is 2. The lowest BCUT2D eigenvalue weighted by molar-refractivity contribution is -0.384. The van der Waals surface area contributed by atoms with Gasteiger partial charge >= 0.3 is 5.97 Å². The Morgan fingerprint density at radius 2 is 1.96 bits per heavy atom. The second-order valence-corrected chi connectivity index (χ2v) is 6.01. The van der Waals surface area contributed by atoms with E-state index in [0.29, 0.717) is 22.6 Å². The second kappa shape index (κ2) is 7.60. The maximum atomic E-state index is 11.2. The van der Waals surface area contributed by atoms with Crippen molar-refractivity contribution in [1.82, 2.24) is 0 Å². The Kier molecular flexibility index (Phi) is 5.05. The van der Waals surface area contributed by atoms with Crippen molar-refractivity contribution in [3.63, 3.8) is 0 Å². The average molecular weight is 374 g/mol. The van der Waals surface area contributed by atoms with Crippen LogP contribution >= 0.6 is 0 Å². The lowest BCUT2D eigenvalue weighted by atomic mass is 10.0. The summed E-state index contributed by atoms with van der Waals surface area (Å²) in [5.41, 5.74) is 2.12. The second-order valence-electron chi connectivity index (χ2n) is 6.01. The van der Waals surface area contributed by atoms with Gasteiger partial charge in [0.05, 0.1) is 22.1 Å². The van der Waals surface area contributed by atoms with E-state index >= 15 is 0 Å². The maximum absolute atomic E-state index is 11.2. The fourth-order valence-electron chi connectivity index (χ4n) is 2.71. The third-order valence-electron chi connectivity index (χ3n) is 4.15. The lowest BCUT2D eigenvalue weighted by Crippen LogP contribution is -1.96. The smallest absolute Gasteiger partial charge is 0.335 e. The van der Waals surface area contributed by atoms with Crippen LogP contribution in [0.25, 0.3) is 23.0 Å². The molecule has 1 aromatic heterocycles. The number of furan rings is 1. The van der Waals surface area contributed by atoms with Crippen molar-refractivity contribution in [2.24, 2.45) is 0 Å². The van der Waals surface area contributed by atoms with E-state index in [1.54, 1.807) is 24.3 Å². The van der Waals surface area contributed by atoms with Crippen molar-refractivity contribution in [1.29, 1.82) is 5.26 Å². The molecule has 0 saturated heterocycles. The monoisotopic (exact) mass is 374 g/mol. The number of hydrogen-bond acceptors (Lipinski definition) is 5. The van der Waals surface area contributed by atoms with Gasteiger partial charge in [0, 0.05) is 17.7 Å². The Morgan fingerprint density at radius 1 is 1.18 bits per heavy atom. The summed E-state index contributed by atoms with van der Waals surface area (Å²) in [7, 11) is 0. The van der Waals surface area contributed by atoms with Crippen LogP contribution in [0.1, 0.15) is 27.2 Å². The Balaban J connectivity index is 1.99. The topological polar surface area (TPSA) is 117 Å². The molecule has 0 aliphatic rings. The summed E-state index contributed by atoms with van der Waals surface area (Å²) >= 11 is 0. The summed E-state index contributed by atoms with van der Waals surface area (Å²) in [5, 5.41) is 29.5. The van der Waals surface area contributed by atoms with E-state index in [0.717, 1.165) is 5.56 Å². The van der Waals surface area contributed by atoms with Crippen LogP contribution < -0.4 is 0 Å². The number of non-ortho nitro benzene ring substituents is 1. The summed E-state index contributed by atoms with van der Waals surface area (Å²) in [4.78, 5) is 21.6. The molecule has 7 heteroatoms. The van der Waals surface area contributed by atoms with Gasteiger partial charge in [0.2, 0.25) is 0 Å². The zero-order chi connectivity index (χ0) is 20.3. The van der Waals surface area contributed by atoms with Crippen molar-refractivity contribution in [2.75, 3.05) is 0 Å². The molecule has 3 aromatic rings. The Labute approximate surface area is 159 Å². The average Bonchev–Trinajstić information content (AvgIpc) is 3.14. The van der Waals surface area contributed by atoms with Crippen LogP contribution in [0.5, 0.6) is 0 Å². The first-order valence-corrected chi connectivity index (χ1v) is 8.20. The molecule has 7 nitrogen and oxygen atoms in total. The molecule has 2 aromatic carbocycles. The Bertz CT molecular complexity index is 1150. The summed E-state index contributed by atoms with van der Waals surface area (Å²) in [6.45, 7) is 1.84. The molecule has 1 heterocycles. The maximum Gasteiger partial charge on any atom is 0.335 e. The van der Waals surface area contributed by atoms with E-state index in [2.05, 4.69) is 0 Å². The van der Waals surface area contributed by atoms with Crippen LogP contribution in [0.2, 0.25) is 0 Å². The molecule has 0 atom stereocenters. The molecule has 3 rings (SSSR count). The Morgan fingerprint density at radius 3 is 2.64 bits per heavy atom. The standard InChI is InChI=1S/C21H14N2O5/c1-13-5-6-15(21(24)25)11-19(13)20-8-7-18(28-20)10-16(12-22)14-3-2-4-17(9-14)23(26)27/h2-11H,1H3,(H,24,25). The number of nitrogens with zero attached hydrogens (tertiary/aromatic N) is 2. The lowest BCUT2D eigenvalue weighted by Gasteiger charge is -2.04. The van der Waals surface area contributed by atoms with Crippen molar-refractivity contribution < 1.29 is 19.2 Å². The molecule has 0 spiro atoms. The highest BCUT2D eigenvalue weighted by Crippen LogP contribution is 2.29. The molecule has 138 valence electrons. The van der Waals surface area contributed by atoms with Gasteiger partial charge in [-0.2, -0.15) is 5.26 Å². The number of carboxylic acid groups (broad SMARTS) is 1. The number of nitro benzene ring substituents is 1. The van der Waals surface area contributed by atoms with E-state index in [1.165, 1.54) is 36.4 Å². The molecular weight excluding hydrogens is 360 g/mol. The minimum atomic E-state index is -1.04. The zero-order valence-electron chi connectivity index (χ0n) is 14.7. The third-order valence-corrected chi connectivity index (χ3v) is 4.15. The van der Waals surface area contributed by atoms with Crippen LogP contribution in [0.15, 0.2) is 59.0 Å². The first-order chi connectivity index (χ1) is 13.4. The highest BCUT2D eigenvalue weighted by Gasteiger charge is 2.13. The first kappa shape index (κ1) is 18.6.